The first kappa shape index (κ1) is 14.0. The quantitative estimate of drug-likeness (QED) is 0.585. The average molecular weight is 337 g/mol. The number of ketones is 1. The molecule has 0 bridgehead atoms. The molecule has 0 N–H and O–H groups in total. The fourth-order valence-electron chi connectivity index (χ4n) is 2.21. The maximum Gasteiger partial charge on any atom is 0.412 e. The highest BCUT2D eigenvalue weighted by atomic mass is 79.9. The summed E-state index contributed by atoms with van der Waals surface area (Å²) < 4.78 is 44.5. The number of carbonyl (C=O) groups excluding carboxylic acids is 2. The number of fused-ring (bicyclic) bond motifs is 1. The second-order valence-electron chi connectivity index (χ2n) is 4.20. The molecule has 3 nitrogen and oxygen atoms in total. The molecule has 1 aliphatic rings. The highest BCUT2D eigenvalue weighted by Gasteiger charge is 2.69. The van der Waals surface area contributed by atoms with Crippen LogP contribution in [0, 0.1) is 5.41 Å². The predicted octanol–water partition coefficient (Wildman–Crippen LogP) is 2.91. The van der Waals surface area contributed by atoms with E-state index in [9.17, 15) is 22.8 Å². The topological polar surface area (TPSA) is 43.4 Å². The van der Waals surface area contributed by atoms with E-state index < -0.39 is 29.8 Å². The first-order valence-corrected chi connectivity index (χ1v) is 6.01. The second-order valence-corrected chi connectivity index (χ2v) is 5.12. The molecular weight excluding hydrogens is 329 g/mol. The summed E-state index contributed by atoms with van der Waals surface area (Å²) in [5, 5.41) is 0. The molecule has 0 saturated heterocycles. The van der Waals surface area contributed by atoms with Crippen LogP contribution in [0.3, 0.4) is 0 Å². The van der Waals surface area contributed by atoms with Crippen molar-refractivity contribution in [2.45, 2.75) is 12.6 Å². The van der Waals surface area contributed by atoms with Crippen molar-refractivity contribution in [3.05, 3.63) is 33.8 Å². The lowest BCUT2D eigenvalue weighted by molar-refractivity contribution is -0.215. The zero-order valence-electron chi connectivity index (χ0n) is 9.68. The molecule has 1 aromatic carbocycles. The highest BCUT2D eigenvalue weighted by molar-refractivity contribution is 9.10. The van der Waals surface area contributed by atoms with Crippen molar-refractivity contribution >= 4 is 27.7 Å². The Morgan fingerprint density at radius 2 is 2.05 bits per heavy atom. The number of carbonyl (C=O) groups is 2. The van der Waals surface area contributed by atoms with E-state index in [-0.39, 0.29) is 11.1 Å². The van der Waals surface area contributed by atoms with E-state index in [2.05, 4.69) is 20.7 Å². The van der Waals surface area contributed by atoms with Crippen molar-refractivity contribution in [2.24, 2.45) is 5.41 Å². The fourth-order valence-corrected chi connectivity index (χ4v) is 2.62. The number of methoxy groups -OCH3 is 1. The van der Waals surface area contributed by atoms with Crippen LogP contribution >= 0.6 is 15.9 Å². The van der Waals surface area contributed by atoms with E-state index in [0.717, 1.165) is 7.11 Å². The first-order chi connectivity index (χ1) is 8.74. The van der Waals surface area contributed by atoms with Gasteiger partial charge in [-0.3, -0.25) is 9.59 Å². The minimum atomic E-state index is -5.00. The summed E-state index contributed by atoms with van der Waals surface area (Å²) in [5.74, 6) is -2.83. The molecule has 19 heavy (non-hydrogen) atoms. The summed E-state index contributed by atoms with van der Waals surface area (Å²) in [4.78, 5) is 23.6. The van der Waals surface area contributed by atoms with Gasteiger partial charge in [0.2, 0.25) is 5.41 Å². The lowest BCUT2D eigenvalue weighted by atomic mass is 9.83. The van der Waals surface area contributed by atoms with Gasteiger partial charge < -0.3 is 4.74 Å². The Morgan fingerprint density at radius 3 is 2.58 bits per heavy atom. The Morgan fingerprint density at radius 1 is 1.42 bits per heavy atom. The Labute approximate surface area is 114 Å². The van der Waals surface area contributed by atoms with Gasteiger partial charge in [-0.1, -0.05) is 15.9 Å². The molecule has 2 rings (SSSR count). The molecule has 0 unspecified atom stereocenters. The lowest BCUT2D eigenvalue weighted by Gasteiger charge is -2.26. The Bertz CT molecular complexity index is 568. The van der Waals surface area contributed by atoms with Crippen LogP contribution in [0.25, 0.3) is 0 Å². The molecule has 0 radical (unpaired) electrons. The number of halogens is 4. The molecule has 0 fully saturated rings. The van der Waals surface area contributed by atoms with Crippen molar-refractivity contribution in [2.75, 3.05) is 7.11 Å². The van der Waals surface area contributed by atoms with Crippen molar-refractivity contribution in [3.8, 4) is 0 Å². The molecule has 0 aromatic heterocycles. The van der Waals surface area contributed by atoms with Crippen LogP contribution in [0.15, 0.2) is 22.7 Å². The number of esters is 1. The third-order valence-electron chi connectivity index (χ3n) is 3.17. The molecular formula is C12H8BrF3O3. The molecule has 0 spiro atoms. The Balaban J connectivity index is 2.63. The van der Waals surface area contributed by atoms with Gasteiger partial charge in [-0.15, -0.1) is 0 Å². The van der Waals surface area contributed by atoms with Gasteiger partial charge in [0.15, 0.2) is 5.78 Å². The van der Waals surface area contributed by atoms with E-state index in [4.69, 9.17) is 0 Å². The van der Waals surface area contributed by atoms with E-state index >= 15 is 0 Å². The molecule has 1 aliphatic carbocycles. The van der Waals surface area contributed by atoms with Crippen LogP contribution in [-0.4, -0.2) is 25.0 Å². The number of hydrogen-bond donors (Lipinski definition) is 0. The van der Waals surface area contributed by atoms with Crippen LogP contribution in [0.5, 0.6) is 0 Å². The van der Waals surface area contributed by atoms with Crippen LogP contribution in [-0.2, 0) is 16.0 Å². The summed E-state index contributed by atoms with van der Waals surface area (Å²) in [6.07, 6.45) is -5.72. The largest absolute Gasteiger partial charge is 0.468 e. The smallest absolute Gasteiger partial charge is 0.412 e. The zero-order valence-corrected chi connectivity index (χ0v) is 11.3. The molecule has 0 amide bonds. The Kier molecular flexibility index (Phi) is 3.20. The van der Waals surface area contributed by atoms with Gasteiger partial charge in [0.25, 0.3) is 0 Å². The van der Waals surface area contributed by atoms with Crippen molar-refractivity contribution < 1.29 is 27.5 Å². The number of ether oxygens (including phenoxy) is 1. The van der Waals surface area contributed by atoms with Gasteiger partial charge in [0.1, 0.15) is 0 Å². The number of Topliss-reactive ketones (excluding diaryl/α,β-unsaturated/α-hetero) is 1. The molecule has 7 heteroatoms. The van der Waals surface area contributed by atoms with Crippen LogP contribution in [0.1, 0.15) is 15.9 Å². The van der Waals surface area contributed by atoms with Gasteiger partial charge in [0.05, 0.1) is 7.11 Å². The van der Waals surface area contributed by atoms with Crippen LogP contribution < -0.4 is 0 Å². The minimum absolute atomic E-state index is 0.0917. The van der Waals surface area contributed by atoms with E-state index in [0.29, 0.717) is 4.47 Å². The van der Waals surface area contributed by atoms with Gasteiger partial charge in [-0.05, 0) is 23.8 Å². The molecule has 0 aliphatic heterocycles. The van der Waals surface area contributed by atoms with Gasteiger partial charge in [0, 0.05) is 16.5 Å². The zero-order chi connectivity index (χ0) is 14.4. The van der Waals surface area contributed by atoms with E-state index in [1.165, 1.54) is 18.2 Å². The Hall–Kier alpha value is -1.37. The lowest BCUT2D eigenvalue weighted by Crippen LogP contribution is -2.50. The van der Waals surface area contributed by atoms with Crippen molar-refractivity contribution in [1.82, 2.24) is 0 Å². The molecule has 0 saturated carbocycles. The number of hydrogen-bond acceptors (Lipinski definition) is 3. The number of rotatable bonds is 1. The third-order valence-corrected chi connectivity index (χ3v) is 3.67. The summed E-state index contributed by atoms with van der Waals surface area (Å²) in [6, 6.07) is 4.14. The maximum atomic E-state index is 13.2. The van der Waals surface area contributed by atoms with Gasteiger partial charge in [-0.25, -0.2) is 0 Å². The first-order valence-electron chi connectivity index (χ1n) is 5.22. The number of alkyl halides is 3. The fraction of sp³-hybridized carbons (Fsp3) is 0.333. The maximum absolute atomic E-state index is 13.2. The normalized spacial score (nSPS) is 22.3. The average Bonchev–Trinajstić information content (AvgIpc) is 2.61. The molecule has 1 aromatic rings. The van der Waals surface area contributed by atoms with Crippen LogP contribution in [0.4, 0.5) is 13.2 Å². The SMILES string of the molecule is COC(=O)[C@]1(C(F)(F)F)Cc2cc(Br)ccc2C1=O. The highest BCUT2D eigenvalue weighted by Crippen LogP contribution is 2.49. The molecule has 102 valence electrons. The van der Waals surface area contributed by atoms with Gasteiger partial charge in [-0.2, -0.15) is 13.2 Å². The third kappa shape index (κ3) is 1.87. The van der Waals surface area contributed by atoms with E-state index in [1.54, 1.807) is 0 Å². The summed E-state index contributed by atoms with van der Waals surface area (Å²) >= 11 is 3.12. The van der Waals surface area contributed by atoms with Gasteiger partial charge >= 0.3 is 12.1 Å². The van der Waals surface area contributed by atoms with Crippen molar-refractivity contribution in [3.63, 3.8) is 0 Å². The summed E-state index contributed by atoms with van der Waals surface area (Å²) in [6.45, 7) is 0. The summed E-state index contributed by atoms with van der Waals surface area (Å²) in [7, 11) is 0.835. The predicted molar refractivity (Wildman–Crippen MR) is 62.7 cm³/mol. The van der Waals surface area contributed by atoms with E-state index in [1.807, 2.05) is 0 Å². The second kappa shape index (κ2) is 4.33. The molecule has 1 atom stereocenters. The van der Waals surface area contributed by atoms with Crippen LogP contribution in [0.2, 0.25) is 0 Å². The minimum Gasteiger partial charge on any atom is -0.468 e. The van der Waals surface area contributed by atoms with Crippen molar-refractivity contribution in [1.29, 1.82) is 0 Å². The number of benzene rings is 1. The monoisotopic (exact) mass is 336 g/mol. The standard InChI is InChI=1S/C12H8BrF3O3/c1-19-10(18)11(12(14,15)16)5-6-4-7(13)2-3-8(6)9(11)17/h2-4H,5H2,1H3/t11-/m0/s1. The molecule has 0 heterocycles. The summed E-state index contributed by atoms with van der Waals surface area (Å²) in [5.41, 5.74) is -3.03.